The van der Waals surface area contributed by atoms with Crippen molar-refractivity contribution in [1.29, 1.82) is 0 Å². The van der Waals surface area contributed by atoms with Crippen LogP contribution in [0.4, 0.5) is 0 Å². The van der Waals surface area contributed by atoms with Gasteiger partial charge in [-0.05, 0) is 12.0 Å². The summed E-state index contributed by atoms with van der Waals surface area (Å²) in [5, 5.41) is 9.70. The molecule has 0 aromatic carbocycles. The minimum absolute atomic E-state index is 0.0648. The van der Waals surface area contributed by atoms with Crippen LogP contribution in [0.2, 0.25) is 0 Å². The number of carbonyl (C=O) groups excluding carboxylic acids is 1. The minimum Gasteiger partial charge on any atom is -0.392 e. The molecule has 2 nitrogen and oxygen atoms in total. The van der Waals surface area contributed by atoms with E-state index in [0.717, 1.165) is 0 Å². The lowest BCUT2D eigenvalue weighted by Crippen LogP contribution is -2.21. The Balaban J connectivity index is 2.08. The van der Waals surface area contributed by atoms with Gasteiger partial charge in [0, 0.05) is 17.8 Å². The molecule has 1 N–H and O–H groups in total. The molecule has 1 fully saturated rings. The van der Waals surface area contributed by atoms with Crippen molar-refractivity contribution >= 4 is 5.78 Å². The van der Waals surface area contributed by atoms with Crippen LogP contribution in [0.25, 0.3) is 0 Å². The Bertz CT molecular complexity index is 303. The molecular weight excluding hydrogens is 152 g/mol. The summed E-state index contributed by atoms with van der Waals surface area (Å²) >= 11 is 0. The molecule has 0 spiro atoms. The molecule has 0 amide bonds. The molecule has 62 valence electrons. The Morgan fingerprint density at radius 2 is 1.83 bits per heavy atom. The lowest BCUT2D eigenvalue weighted by molar-refractivity contribution is -0.119. The Morgan fingerprint density at radius 1 is 1.08 bits per heavy atom. The topological polar surface area (TPSA) is 37.3 Å². The maximum absolute atomic E-state index is 11.4. The molecule has 0 aromatic rings. The number of hydrogen-bond acceptors (Lipinski definition) is 2. The second kappa shape index (κ2) is 1.88. The third-order valence-corrected chi connectivity index (χ3v) is 3.43. The number of hydrogen-bond donors (Lipinski definition) is 1. The monoisotopic (exact) mass is 162 g/mol. The number of allylic oxidation sites excluding steroid dienone is 2. The van der Waals surface area contributed by atoms with Crippen LogP contribution in [0.3, 0.4) is 0 Å². The number of fused-ring (bicyclic) bond motifs is 5. The summed E-state index contributed by atoms with van der Waals surface area (Å²) in [7, 11) is 0. The van der Waals surface area contributed by atoms with Gasteiger partial charge in [0.2, 0.25) is 0 Å². The van der Waals surface area contributed by atoms with Crippen LogP contribution in [-0.4, -0.2) is 17.0 Å². The van der Waals surface area contributed by atoms with Crippen LogP contribution in [-0.2, 0) is 4.79 Å². The van der Waals surface area contributed by atoms with E-state index in [1.165, 1.54) is 0 Å². The molecule has 3 aliphatic rings. The van der Waals surface area contributed by atoms with Crippen molar-refractivity contribution in [2.75, 3.05) is 0 Å². The van der Waals surface area contributed by atoms with Gasteiger partial charge in [-0.3, -0.25) is 4.79 Å². The van der Waals surface area contributed by atoms with Gasteiger partial charge in [0.1, 0.15) is 0 Å². The summed E-state index contributed by atoms with van der Waals surface area (Å²) < 4.78 is 0. The normalized spacial score (nSPS) is 53.8. The van der Waals surface area contributed by atoms with Crippen molar-refractivity contribution in [3.05, 3.63) is 24.3 Å². The van der Waals surface area contributed by atoms with E-state index in [1.54, 1.807) is 6.08 Å². The van der Waals surface area contributed by atoms with E-state index >= 15 is 0 Å². The van der Waals surface area contributed by atoms with Crippen LogP contribution in [0, 0.1) is 23.7 Å². The van der Waals surface area contributed by atoms with Crippen molar-refractivity contribution < 1.29 is 9.90 Å². The van der Waals surface area contributed by atoms with Crippen molar-refractivity contribution in [1.82, 2.24) is 0 Å². The summed E-state index contributed by atoms with van der Waals surface area (Å²) in [6, 6.07) is 0. The zero-order valence-electron chi connectivity index (χ0n) is 6.55. The molecule has 1 saturated carbocycles. The van der Waals surface area contributed by atoms with E-state index in [9.17, 15) is 9.90 Å². The third kappa shape index (κ3) is 0.547. The molecule has 3 aliphatic carbocycles. The van der Waals surface area contributed by atoms with E-state index < -0.39 is 0 Å². The molecule has 3 rings (SSSR count). The van der Waals surface area contributed by atoms with Crippen LogP contribution in [0.1, 0.15) is 0 Å². The van der Waals surface area contributed by atoms with E-state index in [4.69, 9.17) is 0 Å². The van der Waals surface area contributed by atoms with Gasteiger partial charge in [-0.25, -0.2) is 0 Å². The first-order chi connectivity index (χ1) is 5.79. The third-order valence-electron chi connectivity index (χ3n) is 3.43. The second-order valence-corrected chi connectivity index (χ2v) is 3.89. The van der Waals surface area contributed by atoms with Gasteiger partial charge in [-0.2, -0.15) is 0 Å². The highest BCUT2D eigenvalue weighted by molar-refractivity contribution is 5.95. The molecule has 5 atom stereocenters. The zero-order valence-corrected chi connectivity index (χ0v) is 6.55. The minimum atomic E-state index is -0.297. The quantitative estimate of drug-likeness (QED) is 0.528. The Morgan fingerprint density at radius 3 is 2.58 bits per heavy atom. The first kappa shape index (κ1) is 6.61. The lowest BCUT2D eigenvalue weighted by Gasteiger charge is -2.16. The Hall–Kier alpha value is -0.890. The van der Waals surface area contributed by atoms with Crippen LogP contribution < -0.4 is 0 Å². The van der Waals surface area contributed by atoms with Crippen molar-refractivity contribution in [3.63, 3.8) is 0 Å². The summed E-state index contributed by atoms with van der Waals surface area (Å²) in [6.45, 7) is 0. The maximum atomic E-state index is 11.4. The zero-order chi connectivity index (χ0) is 8.29. The molecule has 0 heterocycles. The first-order valence-electron chi connectivity index (χ1n) is 4.37. The smallest absolute Gasteiger partial charge is 0.159 e. The van der Waals surface area contributed by atoms with Gasteiger partial charge in [-0.15, -0.1) is 0 Å². The van der Waals surface area contributed by atoms with Gasteiger partial charge in [0.15, 0.2) is 5.78 Å². The molecule has 0 aromatic heterocycles. The first-order valence-corrected chi connectivity index (χ1v) is 4.37. The molecule has 0 aliphatic heterocycles. The van der Waals surface area contributed by atoms with Gasteiger partial charge in [-0.1, -0.05) is 18.2 Å². The summed E-state index contributed by atoms with van der Waals surface area (Å²) in [5.41, 5.74) is 0. The van der Waals surface area contributed by atoms with Crippen LogP contribution >= 0.6 is 0 Å². The fourth-order valence-electron chi connectivity index (χ4n) is 2.87. The summed E-state index contributed by atoms with van der Waals surface area (Å²) in [5.74, 6) is 0.874. The van der Waals surface area contributed by atoms with Gasteiger partial charge < -0.3 is 5.11 Å². The predicted molar refractivity (Wildman–Crippen MR) is 43.3 cm³/mol. The van der Waals surface area contributed by atoms with Crippen LogP contribution in [0.5, 0.6) is 0 Å². The average molecular weight is 162 g/mol. The molecule has 12 heavy (non-hydrogen) atoms. The second-order valence-electron chi connectivity index (χ2n) is 3.89. The number of carbonyl (C=O) groups is 1. The number of aliphatic hydroxyl groups excluding tert-OH is 1. The molecular formula is C10H10O2. The molecule has 2 bridgehead atoms. The largest absolute Gasteiger partial charge is 0.392 e. The fraction of sp³-hybridized carbons (Fsp3) is 0.500. The number of ketones is 1. The number of aliphatic hydroxyl groups is 1. The predicted octanol–water partition coefficient (Wildman–Crippen LogP) is 0.534. The van der Waals surface area contributed by atoms with E-state index in [0.29, 0.717) is 5.92 Å². The van der Waals surface area contributed by atoms with Gasteiger partial charge >= 0.3 is 0 Å². The average Bonchev–Trinajstić information content (AvgIpc) is 2.66. The highest BCUT2D eigenvalue weighted by atomic mass is 16.3. The van der Waals surface area contributed by atoms with E-state index in [-0.39, 0.29) is 29.6 Å². The molecule has 0 saturated heterocycles. The molecule has 0 unspecified atom stereocenters. The summed E-state index contributed by atoms with van der Waals surface area (Å²) in [6.07, 6.45) is 7.40. The Labute approximate surface area is 70.6 Å². The molecule has 0 radical (unpaired) electrons. The van der Waals surface area contributed by atoms with Crippen LogP contribution in [0.15, 0.2) is 24.3 Å². The standard InChI is InChI=1S/C10H10O2/c11-8-4-3-5-6-1-2-7(9(5)8)10(6)12/h1-7,9-10,12H/t5-,6-,7+,9-,10+/m1/s1. The fourth-order valence-corrected chi connectivity index (χ4v) is 2.87. The van der Waals surface area contributed by atoms with Crippen molar-refractivity contribution in [3.8, 4) is 0 Å². The van der Waals surface area contributed by atoms with E-state index in [1.807, 2.05) is 12.2 Å². The van der Waals surface area contributed by atoms with Crippen molar-refractivity contribution in [2.24, 2.45) is 23.7 Å². The highest BCUT2D eigenvalue weighted by Crippen LogP contribution is 2.51. The van der Waals surface area contributed by atoms with Gasteiger partial charge in [0.25, 0.3) is 0 Å². The molecule has 2 heteroatoms. The number of rotatable bonds is 0. The van der Waals surface area contributed by atoms with Gasteiger partial charge in [0.05, 0.1) is 6.10 Å². The highest BCUT2D eigenvalue weighted by Gasteiger charge is 2.54. The Kier molecular flexibility index (Phi) is 1.04. The van der Waals surface area contributed by atoms with E-state index in [2.05, 4.69) is 6.08 Å². The van der Waals surface area contributed by atoms with Crippen molar-refractivity contribution in [2.45, 2.75) is 6.10 Å². The maximum Gasteiger partial charge on any atom is 0.159 e. The SMILES string of the molecule is O=C1C=C[C@@H]2[C@H]3C=C[C@H]([C@H]3O)[C@H]12. The summed E-state index contributed by atoms with van der Waals surface area (Å²) in [4.78, 5) is 11.4. The lowest BCUT2D eigenvalue weighted by atomic mass is 9.85.